The smallest absolute Gasteiger partial charge is 0.253 e. The monoisotopic (exact) mass is 373 g/mol. The summed E-state index contributed by atoms with van der Waals surface area (Å²) in [4.78, 5) is 14.4. The molecule has 3 rings (SSSR count). The maximum Gasteiger partial charge on any atom is 0.253 e. The zero-order valence-electron chi connectivity index (χ0n) is 14.6. The molecule has 0 aromatic heterocycles. The van der Waals surface area contributed by atoms with E-state index in [2.05, 4.69) is 12.1 Å². The Morgan fingerprint density at radius 2 is 1.80 bits per heavy atom. The fraction of sp³-hybridized carbons (Fsp3) is 0.350. The van der Waals surface area contributed by atoms with Crippen LogP contribution in [0.4, 0.5) is 0 Å². The molecule has 0 saturated carbocycles. The van der Waals surface area contributed by atoms with Gasteiger partial charge in [-0.15, -0.1) is 23.5 Å². The molecule has 0 radical (unpaired) electrons. The number of hydrogen-bond donors (Lipinski definition) is 0. The highest BCUT2D eigenvalue weighted by atomic mass is 32.2. The molecule has 2 aromatic rings. The second-order valence-corrected chi connectivity index (χ2v) is 8.75. The average Bonchev–Trinajstić information content (AvgIpc) is 2.68. The molecule has 132 valence electrons. The lowest BCUT2D eigenvalue weighted by Crippen LogP contribution is -2.26. The SMILES string of the molecule is COc1ccccc1CN(C)C(=O)c1ccc(C2SCCCS2)cc1. The van der Waals surface area contributed by atoms with Crippen molar-refractivity contribution in [2.75, 3.05) is 25.7 Å². The summed E-state index contributed by atoms with van der Waals surface area (Å²) in [7, 11) is 3.48. The number of nitrogens with zero attached hydrogens (tertiary/aromatic N) is 1. The van der Waals surface area contributed by atoms with E-state index in [9.17, 15) is 4.79 Å². The maximum absolute atomic E-state index is 12.7. The summed E-state index contributed by atoms with van der Waals surface area (Å²) in [6.45, 7) is 0.527. The number of amides is 1. The highest BCUT2D eigenvalue weighted by Crippen LogP contribution is 2.43. The van der Waals surface area contributed by atoms with Gasteiger partial charge in [0.05, 0.1) is 11.7 Å². The molecule has 0 unspecified atom stereocenters. The molecule has 3 nitrogen and oxygen atoms in total. The minimum absolute atomic E-state index is 0.0291. The van der Waals surface area contributed by atoms with Gasteiger partial charge < -0.3 is 9.64 Å². The third kappa shape index (κ3) is 4.53. The first-order valence-corrected chi connectivity index (χ1v) is 10.5. The molecule has 1 saturated heterocycles. The molecule has 1 fully saturated rings. The molecule has 1 aliphatic heterocycles. The van der Waals surface area contributed by atoms with E-state index in [4.69, 9.17) is 4.74 Å². The van der Waals surface area contributed by atoms with Crippen LogP contribution in [-0.2, 0) is 6.54 Å². The van der Waals surface area contributed by atoms with E-state index in [0.29, 0.717) is 11.1 Å². The Bertz CT molecular complexity index is 712. The van der Waals surface area contributed by atoms with Crippen molar-refractivity contribution in [3.05, 3.63) is 65.2 Å². The van der Waals surface area contributed by atoms with E-state index in [1.165, 1.54) is 23.5 Å². The Morgan fingerprint density at radius 3 is 2.48 bits per heavy atom. The van der Waals surface area contributed by atoms with Crippen molar-refractivity contribution in [2.45, 2.75) is 17.5 Å². The van der Waals surface area contributed by atoms with Gasteiger partial charge in [0.2, 0.25) is 0 Å². The average molecular weight is 374 g/mol. The van der Waals surface area contributed by atoms with Gasteiger partial charge in [-0.2, -0.15) is 0 Å². The van der Waals surface area contributed by atoms with Gasteiger partial charge >= 0.3 is 0 Å². The Hall–Kier alpha value is -1.59. The normalized spacial score (nSPS) is 15.0. The molecular weight excluding hydrogens is 350 g/mol. The summed E-state index contributed by atoms with van der Waals surface area (Å²) >= 11 is 3.99. The zero-order valence-corrected chi connectivity index (χ0v) is 16.2. The van der Waals surface area contributed by atoms with Gasteiger partial charge in [-0.1, -0.05) is 30.3 Å². The van der Waals surface area contributed by atoms with Crippen molar-refractivity contribution in [3.8, 4) is 5.75 Å². The van der Waals surface area contributed by atoms with Gasteiger partial charge in [-0.05, 0) is 41.7 Å². The van der Waals surface area contributed by atoms with Crippen LogP contribution in [0.3, 0.4) is 0 Å². The molecule has 2 aromatic carbocycles. The van der Waals surface area contributed by atoms with Crippen molar-refractivity contribution < 1.29 is 9.53 Å². The number of benzene rings is 2. The first-order valence-electron chi connectivity index (χ1n) is 8.39. The molecule has 1 amide bonds. The number of methoxy groups -OCH3 is 1. The van der Waals surface area contributed by atoms with E-state index in [-0.39, 0.29) is 5.91 Å². The Labute approximate surface area is 158 Å². The number of rotatable bonds is 5. The summed E-state index contributed by atoms with van der Waals surface area (Å²) in [6.07, 6.45) is 1.29. The lowest BCUT2D eigenvalue weighted by atomic mass is 10.1. The summed E-state index contributed by atoms with van der Waals surface area (Å²) in [5.74, 6) is 3.28. The highest BCUT2D eigenvalue weighted by molar-refractivity contribution is 8.16. The van der Waals surface area contributed by atoms with E-state index in [1.807, 2.05) is 67.0 Å². The molecule has 0 bridgehead atoms. The van der Waals surface area contributed by atoms with E-state index in [1.54, 1.807) is 12.0 Å². The minimum atomic E-state index is 0.0291. The van der Waals surface area contributed by atoms with Gasteiger partial charge in [0, 0.05) is 24.7 Å². The number of thioether (sulfide) groups is 2. The molecule has 0 atom stereocenters. The quantitative estimate of drug-likeness (QED) is 0.750. The van der Waals surface area contributed by atoms with Crippen molar-refractivity contribution in [2.24, 2.45) is 0 Å². The minimum Gasteiger partial charge on any atom is -0.496 e. The molecule has 0 aliphatic carbocycles. The summed E-state index contributed by atoms with van der Waals surface area (Å²) in [6, 6.07) is 15.9. The lowest BCUT2D eigenvalue weighted by Gasteiger charge is -2.22. The molecule has 0 N–H and O–H groups in total. The van der Waals surface area contributed by atoms with Gasteiger partial charge in [0.15, 0.2) is 0 Å². The summed E-state index contributed by atoms with van der Waals surface area (Å²) in [5, 5.41) is 0. The Balaban J connectivity index is 1.67. The van der Waals surface area contributed by atoms with E-state index in [0.717, 1.165) is 16.9 Å². The predicted octanol–water partition coefficient (Wildman–Crippen LogP) is 4.84. The van der Waals surface area contributed by atoms with Crippen LogP contribution in [0.1, 0.15) is 32.5 Å². The Kier molecular flexibility index (Phi) is 6.32. The Morgan fingerprint density at radius 1 is 1.12 bits per heavy atom. The largest absolute Gasteiger partial charge is 0.496 e. The molecule has 25 heavy (non-hydrogen) atoms. The summed E-state index contributed by atoms with van der Waals surface area (Å²) < 4.78 is 5.88. The van der Waals surface area contributed by atoms with Gasteiger partial charge in [0.1, 0.15) is 5.75 Å². The second-order valence-electron chi connectivity index (χ2n) is 6.02. The van der Waals surface area contributed by atoms with Crippen LogP contribution in [0.15, 0.2) is 48.5 Å². The molecule has 1 heterocycles. The topological polar surface area (TPSA) is 29.5 Å². The fourth-order valence-electron chi connectivity index (χ4n) is 2.84. The van der Waals surface area contributed by atoms with Gasteiger partial charge in [0.25, 0.3) is 5.91 Å². The molecule has 5 heteroatoms. The molecule has 0 spiro atoms. The van der Waals surface area contributed by atoms with Crippen molar-refractivity contribution in [1.82, 2.24) is 4.90 Å². The van der Waals surface area contributed by atoms with Crippen LogP contribution in [0.5, 0.6) is 5.75 Å². The van der Waals surface area contributed by atoms with Crippen LogP contribution in [0, 0.1) is 0 Å². The third-order valence-electron chi connectivity index (χ3n) is 4.20. The first kappa shape index (κ1) is 18.2. The second kappa shape index (κ2) is 8.68. The number of carbonyl (C=O) groups is 1. The van der Waals surface area contributed by atoms with Crippen LogP contribution in [0.25, 0.3) is 0 Å². The van der Waals surface area contributed by atoms with Crippen LogP contribution < -0.4 is 4.74 Å². The van der Waals surface area contributed by atoms with Crippen LogP contribution in [-0.4, -0.2) is 36.5 Å². The molecular formula is C20H23NO2S2. The van der Waals surface area contributed by atoms with Gasteiger partial charge in [-0.3, -0.25) is 4.79 Å². The van der Waals surface area contributed by atoms with Crippen molar-refractivity contribution >= 4 is 29.4 Å². The van der Waals surface area contributed by atoms with Crippen molar-refractivity contribution in [3.63, 3.8) is 0 Å². The zero-order chi connectivity index (χ0) is 17.6. The maximum atomic E-state index is 12.7. The van der Waals surface area contributed by atoms with E-state index >= 15 is 0 Å². The van der Waals surface area contributed by atoms with Gasteiger partial charge in [-0.25, -0.2) is 0 Å². The highest BCUT2D eigenvalue weighted by Gasteiger charge is 2.18. The van der Waals surface area contributed by atoms with E-state index < -0.39 is 0 Å². The third-order valence-corrected chi connectivity index (χ3v) is 7.22. The standard InChI is InChI=1S/C20H23NO2S2/c1-21(14-17-6-3-4-7-18(17)23-2)19(22)15-8-10-16(11-9-15)20-24-12-5-13-25-20/h3-4,6-11,20H,5,12-14H2,1-2H3. The predicted molar refractivity (Wildman–Crippen MR) is 108 cm³/mol. The van der Waals surface area contributed by atoms with Crippen LogP contribution in [0.2, 0.25) is 0 Å². The number of para-hydroxylation sites is 1. The van der Waals surface area contributed by atoms with Crippen LogP contribution >= 0.6 is 23.5 Å². The lowest BCUT2D eigenvalue weighted by molar-refractivity contribution is 0.0784. The summed E-state index contributed by atoms with van der Waals surface area (Å²) in [5.41, 5.74) is 3.04. The number of hydrogen-bond acceptors (Lipinski definition) is 4. The number of ether oxygens (including phenoxy) is 1. The fourth-order valence-corrected chi connectivity index (χ4v) is 5.74. The number of carbonyl (C=O) groups excluding carboxylic acids is 1. The van der Waals surface area contributed by atoms with Crippen molar-refractivity contribution in [1.29, 1.82) is 0 Å². The first-order chi connectivity index (χ1) is 12.2. The molecule has 1 aliphatic rings.